The van der Waals surface area contributed by atoms with E-state index in [0.29, 0.717) is 5.92 Å². The Morgan fingerprint density at radius 3 is 2.47 bits per heavy atom. The number of piperidine rings is 1. The maximum absolute atomic E-state index is 4.48. The Morgan fingerprint density at radius 1 is 1.00 bits per heavy atom. The first-order valence-electron chi connectivity index (χ1n) is 6.94. The van der Waals surface area contributed by atoms with Gasteiger partial charge in [-0.15, -0.1) is 0 Å². The second-order valence-corrected chi connectivity index (χ2v) is 5.16. The van der Waals surface area contributed by atoms with Crippen LogP contribution in [0.25, 0.3) is 0 Å². The number of rotatable bonds is 3. The summed E-state index contributed by atoms with van der Waals surface area (Å²) in [5, 5.41) is 0. The average molecular weight is 253 g/mol. The average Bonchev–Trinajstić information content (AvgIpc) is 2.50. The minimum absolute atomic E-state index is 0.634. The summed E-state index contributed by atoms with van der Waals surface area (Å²) in [7, 11) is 0. The highest BCUT2D eigenvalue weighted by Crippen LogP contribution is 2.26. The summed E-state index contributed by atoms with van der Waals surface area (Å²) >= 11 is 0. The standard InChI is InChI=1S/C16H19N3/c1-2-8-18-16(3-1)15-6-11-19(12-7-15)13-14-4-9-17-10-5-14/h1-5,8-10,15H,6-7,11-13H2. The molecule has 19 heavy (non-hydrogen) atoms. The van der Waals surface area contributed by atoms with Crippen molar-refractivity contribution < 1.29 is 0 Å². The van der Waals surface area contributed by atoms with Crippen LogP contribution in [0.5, 0.6) is 0 Å². The van der Waals surface area contributed by atoms with Gasteiger partial charge in [-0.1, -0.05) is 6.07 Å². The normalized spacial score (nSPS) is 17.5. The highest BCUT2D eigenvalue weighted by molar-refractivity contribution is 5.12. The highest BCUT2D eigenvalue weighted by atomic mass is 15.1. The van der Waals surface area contributed by atoms with E-state index in [1.54, 1.807) is 0 Å². The van der Waals surface area contributed by atoms with Gasteiger partial charge in [-0.25, -0.2) is 0 Å². The Morgan fingerprint density at radius 2 is 1.79 bits per heavy atom. The monoisotopic (exact) mass is 253 g/mol. The molecule has 0 bridgehead atoms. The van der Waals surface area contributed by atoms with Crippen molar-refractivity contribution in [3.05, 3.63) is 60.2 Å². The lowest BCUT2D eigenvalue weighted by molar-refractivity contribution is 0.203. The smallest absolute Gasteiger partial charge is 0.0435 e. The van der Waals surface area contributed by atoms with Crippen LogP contribution in [0.4, 0.5) is 0 Å². The first kappa shape index (κ1) is 12.3. The molecular weight excluding hydrogens is 234 g/mol. The summed E-state index contributed by atoms with van der Waals surface area (Å²) in [5.74, 6) is 0.634. The van der Waals surface area contributed by atoms with E-state index in [-0.39, 0.29) is 0 Å². The molecule has 1 fully saturated rings. The van der Waals surface area contributed by atoms with Gasteiger partial charge in [0.1, 0.15) is 0 Å². The summed E-state index contributed by atoms with van der Waals surface area (Å²) in [6.07, 6.45) is 8.06. The van der Waals surface area contributed by atoms with Crippen LogP contribution < -0.4 is 0 Å². The van der Waals surface area contributed by atoms with Crippen molar-refractivity contribution in [2.24, 2.45) is 0 Å². The number of aromatic nitrogens is 2. The molecule has 1 saturated heterocycles. The predicted molar refractivity (Wildman–Crippen MR) is 75.7 cm³/mol. The fourth-order valence-corrected chi connectivity index (χ4v) is 2.75. The van der Waals surface area contributed by atoms with Crippen LogP contribution in [-0.4, -0.2) is 28.0 Å². The van der Waals surface area contributed by atoms with Gasteiger partial charge in [0.25, 0.3) is 0 Å². The molecule has 1 aliphatic heterocycles. The number of likely N-dealkylation sites (tertiary alicyclic amines) is 1. The molecular formula is C16H19N3. The molecule has 0 radical (unpaired) electrons. The Labute approximate surface area is 114 Å². The zero-order chi connectivity index (χ0) is 12.9. The van der Waals surface area contributed by atoms with Crippen LogP contribution >= 0.6 is 0 Å². The van der Waals surface area contributed by atoms with Crippen molar-refractivity contribution in [2.75, 3.05) is 13.1 Å². The summed E-state index contributed by atoms with van der Waals surface area (Å²) in [6.45, 7) is 3.35. The maximum atomic E-state index is 4.48. The summed E-state index contributed by atoms with van der Waals surface area (Å²) in [5.41, 5.74) is 2.61. The van der Waals surface area contributed by atoms with Crippen LogP contribution in [-0.2, 0) is 6.54 Å². The molecule has 2 aromatic rings. The van der Waals surface area contributed by atoms with Gasteiger partial charge in [-0.2, -0.15) is 0 Å². The second-order valence-electron chi connectivity index (χ2n) is 5.16. The molecule has 0 spiro atoms. The first-order chi connectivity index (χ1) is 9.42. The second kappa shape index (κ2) is 5.93. The van der Waals surface area contributed by atoms with E-state index in [1.807, 2.05) is 24.7 Å². The van der Waals surface area contributed by atoms with Crippen molar-refractivity contribution in [1.29, 1.82) is 0 Å². The van der Waals surface area contributed by atoms with Crippen molar-refractivity contribution >= 4 is 0 Å². The number of hydrogen-bond donors (Lipinski definition) is 0. The summed E-state index contributed by atoms with van der Waals surface area (Å²) in [4.78, 5) is 11.1. The minimum Gasteiger partial charge on any atom is -0.299 e. The van der Waals surface area contributed by atoms with Gasteiger partial charge in [0.2, 0.25) is 0 Å². The molecule has 0 aromatic carbocycles. The number of pyridine rings is 2. The number of nitrogens with zero attached hydrogens (tertiary/aromatic N) is 3. The lowest BCUT2D eigenvalue weighted by Crippen LogP contribution is -2.32. The molecule has 3 nitrogen and oxygen atoms in total. The fourth-order valence-electron chi connectivity index (χ4n) is 2.75. The molecule has 3 heteroatoms. The molecule has 0 amide bonds. The topological polar surface area (TPSA) is 29.0 Å². The minimum atomic E-state index is 0.634. The molecule has 2 aromatic heterocycles. The zero-order valence-electron chi connectivity index (χ0n) is 11.1. The van der Waals surface area contributed by atoms with Gasteiger partial charge < -0.3 is 0 Å². The third-order valence-corrected chi connectivity index (χ3v) is 3.85. The molecule has 3 heterocycles. The lowest BCUT2D eigenvalue weighted by Gasteiger charge is -2.31. The van der Waals surface area contributed by atoms with Crippen molar-refractivity contribution in [2.45, 2.75) is 25.3 Å². The van der Waals surface area contributed by atoms with Crippen LogP contribution in [0.1, 0.15) is 30.0 Å². The summed E-state index contributed by atoms with van der Waals surface area (Å²) in [6, 6.07) is 10.4. The SMILES string of the molecule is c1ccc(C2CCN(Cc3ccncc3)CC2)nc1. The Bertz CT molecular complexity index is 490. The predicted octanol–water partition coefficient (Wildman–Crippen LogP) is 2.86. The third kappa shape index (κ3) is 3.18. The number of hydrogen-bond acceptors (Lipinski definition) is 3. The van der Waals surface area contributed by atoms with Crippen molar-refractivity contribution in [3.63, 3.8) is 0 Å². The Hall–Kier alpha value is -1.74. The van der Waals surface area contributed by atoms with Crippen LogP contribution in [0.2, 0.25) is 0 Å². The summed E-state index contributed by atoms with van der Waals surface area (Å²) < 4.78 is 0. The van der Waals surface area contributed by atoms with Gasteiger partial charge in [0.05, 0.1) is 0 Å². The van der Waals surface area contributed by atoms with E-state index >= 15 is 0 Å². The van der Waals surface area contributed by atoms with Crippen molar-refractivity contribution in [3.8, 4) is 0 Å². The van der Waals surface area contributed by atoms with Crippen LogP contribution in [0, 0.1) is 0 Å². The lowest BCUT2D eigenvalue weighted by atomic mass is 9.93. The van der Waals surface area contributed by atoms with Crippen LogP contribution in [0.15, 0.2) is 48.9 Å². The van der Waals surface area contributed by atoms with E-state index in [1.165, 1.54) is 24.1 Å². The van der Waals surface area contributed by atoms with Gasteiger partial charge in [-0.05, 0) is 55.8 Å². The van der Waals surface area contributed by atoms with E-state index in [9.17, 15) is 0 Å². The fraction of sp³-hybridized carbons (Fsp3) is 0.375. The molecule has 0 unspecified atom stereocenters. The first-order valence-corrected chi connectivity index (χ1v) is 6.94. The van der Waals surface area contributed by atoms with Gasteiger partial charge in [0, 0.05) is 36.7 Å². The Balaban J connectivity index is 1.55. The quantitative estimate of drug-likeness (QED) is 0.842. The van der Waals surface area contributed by atoms with E-state index < -0.39 is 0 Å². The largest absolute Gasteiger partial charge is 0.299 e. The molecule has 0 atom stereocenters. The molecule has 0 aliphatic carbocycles. The molecule has 0 saturated carbocycles. The zero-order valence-corrected chi connectivity index (χ0v) is 11.1. The molecule has 0 N–H and O–H groups in total. The van der Waals surface area contributed by atoms with Gasteiger partial charge in [0.15, 0.2) is 0 Å². The van der Waals surface area contributed by atoms with E-state index in [2.05, 4.69) is 39.1 Å². The molecule has 1 aliphatic rings. The molecule has 3 rings (SSSR count). The Kier molecular flexibility index (Phi) is 3.84. The van der Waals surface area contributed by atoms with E-state index in [0.717, 1.165) is 19.6 Å². The van der Waals surface area contributed by atoms with Gasteiger partial charge in [-0.3, -0.25) is 14.9 Å². The van der Waals surface area contributed by atoms with Crippen molar-refractivity contribution in [1.82, 2.24) is 14.9 Å². The highest BCUT2D eigenvalue weighted by Gasteiger charge is 2.21. The van der Waals surface area contributed by atoms with Crippen LogP contribution in [0.3, 0.4) is 0 Å². The third-order valence-electron chi connectivity index (χ3n) is 3.85. The maximum Gasteiger partial charge on any atom is 0.0435 e. The van der Waals surface area contributed by atoms with E-state index in [4.69, 9.17) is 0 Å². The van der Waals surface area contributed by atoms with Gasteiger partial charge >= 0.3 is 0 Å². The molecule has 98 valence electrons.